The van der Waals surface area contributed by atoms with Gasteiger partial charge in [-0.25, -0.2) is 9.67 Å². The van der Waals surface area contributed by atoms with Gasteiger partial charge in [-0.1, -0.05) is 30.3 Å². The minimum Gasteiger partial charge on any atom is -0.293 e. The van der Waals surface area contributed by atoms with E-state index in [9.17, 15) is 0 Å². The number of aromatic nitrogens is 5. The molecule has 0 unspecified atom stereocenters. The van der Waals surface area contributed by atoms with E-state index in [1.807, 2.05) is 42.2 Å². The number of hydrogen-bond donors (Lipinski definition) is 0. The van der Waals surface area contributed by atoms with Crippen LogP contribution >= 0.6 is 11.3 Å². The molecule has 7 heteroatoms. The van der Waals surface area contributed by atoms with Gasteiger partial charge in [-0.2, -0.15) is 5.10 Å². The zero-order valence-electron chi connectivity index (χ0n) is 15.6. The average molecular weight is 389 g/mol. The Kier molecular flexibility index (Phi) is 4.46. The fourth-order valence-corrected chi connectivity index (χ4v) is 4.35. The van der Waals surface area contributed by atoms with Gasteiger partial charge in [-0.05, 0) is 30.4 Å². The van der Waals surface area contributed by atoms with Crippen molar-refractivity contribution in [2.75, 3.05) is 13.1 Å². The van der Waals surface area contributed by atoms with Gasteiger partial charge in [0.05, 0.1) is 12.7 Å². The fraction of sp³-hybridized carbons (Fsp3) is 0.238. The molecule has 4 heterocycles. The van der Waals surface area contributed by atoms with Crippen molar-refractivity contribution in [3.8, 4) is 5.82 Å². The van der Waals surface area contributed by atoms with Crippen molar-refractivity contribution in [3.63, 3.8) is 0 Å². The molecule has 1 aliphatic heterocycles. The lowest BCUT2D eigenvalue weighted by Crippen LogP contribution is -2.27. The second kappa shape index (κ2) is 7.26. The van der Waals surface area contributed by atoms with Gasteiger partial charge < -0.3 is 0 Å². The summed E-state index contributed by atoms with van der Waals surface area (Å²) in [5, 5.41) is 17.3. The number of aryl methyl sites for hydroxylation is 1. The Morgan fingerprint density at radius 1 is 1.14 bits per heavy atom. The van der Waals surface area contributed by atoms with Gasteiger partial charge >= 0.3 is 0 Å². The Labute approximate surface area is 167 Å². The lowest BCUT2D eigenvalue weighted by Gasteiger charge is -2.24. The molecule has 0 N–H and O–H groups in total. The molecule has 0 aliphatic carbocycles. The van der Waals surface area contributed by atoms with Crippen LogP contribution in [0, 0.1) is 6.92 Å². The summed E-state index contributed by atoms with van der Waals surface area (Å²) in [6.45, 7) is 4.81. The number of hydrogen-bond acceptors (Lipinski definition) is 6. The highest BCUT2D eigenvalue weighted by atomic mass is 32.1. The molecule has 6 nitrogen and oxygen atoms in total. The minimum atomic E-state index is 0.869. The third-order valence-electron chi connectivity index (χ3n) is 5.04. The summed E-state index contributed by atoms with van der Waals surface area (Å²) in [5.41, 5.74) is 2.51. The van der Waals surface area contributed by atoms with E-state index in [2.05, 4.69) is 49.6 Å². The van der Waals surface area contributed by atoms with Gasteiger partial charge in [-0.3, -0.25) is 4.90 Å². The van der Waals surface area contributed by atoms with Crippen LogP contribution in [-0.2, 0) is 6.54 Å². The number of nitrogens with zero attached hydrogens (tertiary/aromatic N) is 6. The first kappa shape index (κ1) is 17.2. The molecule has 0 radical (unpaired) electrons. The molecule has 28 heavy (non-hydrogen) atoms. The number of fused-ring (bicyclic) bond motifs is 1. The van der Waals surface area contributed by atoms with Crippen molar-refractivity contribution in [2.24, 2.45) is 0 Å². The minimum absolute atomic E-state index is 0.869. The number of rotatable bonds is 4. The Morgan fingerprint density at radius 3 is 2.89 bits per heavy atom. The first-order valence-electron chi connectivity index (χ1n) is 9.36. The van der Waals surface area contributed by atoms with Crippen LogP contribution in [0.3, 0.4) is 0 Å². The topological polar surface area (TPSA) is 59.7 Å². The summed E-state index contributed by atoms with van der Waals surface area (Å²) in [5.74, 6) is 0.869. The predicted molar refractivity (Wildman–Crippen MR) is 111 cm³/mol. The second-order valence-corrected chi connectivity index (χ2v) is 8.22. The quantitative estimate of drug-likeness (QED) is 0.531. The largest absolute Gasteiger partial charge is 0.293 e. The van der Waals surface area contributed by atoms with Crippen LogP contribution in [0.1, 0.15) is 22.0 Å². The van der Waals surface area contributed by atoms with Crippen LogP contribution in [0.15, 0.2) is 55.0 Å². The van der Waals surface area contributed by atoms with E-state index in [1.165, 1.54) is 16.5 Å². The Balaban J connectivity index is 1.35. The maximum atomic E-state index is 4.58. The third kappa shape index (κ3) is 3.34. The van der Waals surface area contributed by atoms with Crippen LogP contribution in [0.2, 0.25) is 0 Å². The third-order valence-corrected chi connectivity index (χ3v) is 5.87. The smallest absolute Gasteiger partial charge is 0.161 e. The molecule has 0 bridgehead atoms. The molecule has 0 amide bonds. The summed E-state index contributed by atoms with van der Waals surface area (Å²) < 4.78 is 1.88. The molecule has 1 aliphatic rings. The zero-order chi connectivity index (χ0) is 18.9. The normalized spacial score (nSPS) is 15.1. The highest BCUT2D eigenvalue weighted by Crippen LogP contribution is 2.25. The van der Waals surface area contributed by atoms with Crippen LogP contribution in [-0.4, -0.2) is 43.0 Å². The van der Waals surface area contributed by atoms with Crippen LogP contribution in [0.4, 0.5) is 0 Å². The number of benzene rings is 1. The van der Waals surface area contributed by atoms with Crippen molar-refractivity contribution >= 4 is 27.7 Å². The summed E-state index contributed by atoms with van der Waals surface area (Å²) in [6, 6.07) is 10.3. The van der Waals surface area contributed by atoms with Crippen LogP contribution in [0.25, 0.3) is 22.2 Å². The first-order valence-corrected chi connectivity index (χ1v) is 10.2. The number of pyridine rings is 1. The van der Waals surface area contributed by atoms with Crippen molar-refractivity contribution in [1.29, 1.82) is 0 Å². The molecule has 0 spiro atoms. The molecule has 0 atom stereocenters. The summed E-state index contributed by atoms with van der Waals surface area (Å²) >= 11 is 1.68. The Morgan fingerprint density at radius 2 is 2.07 bits per heavy atom. The van der Waals surface area contributed by atoms with Gasteiger partial charge in [0.1, 0.15) is 10.0 Å². The molecule has 140 valence electrons. The molecule has 1 aromatic carbocycles. The van der Waals surface area contributed by atoms with Crippen LogP contribution < -0.4 is 0 Å². The van der Waals surface area contributed by atoms with Gasteiger partial charge in [0.25, 0.3) is 0 Å². The van der Waals surface area contributed by atoms with E-state index in [1.54, 1.807) is 11.3 Å². The van der Waals surface area contributed by atoms with Gasteiger partial charge in [0, 0.05) is 36.4 Å². The maximum absolute atomic E-state index is 4.58. The first-order chi connectivity index (χ1) is 13.8. The van der Waals surface area contributed by atoms with E-state index in [0.29, 0.717) is 0 Å². The molecule has 3 aromatic heterocycles. The lowest BCUT2D eigenvalue weighted by atomic mass is 10.0. The second-order valence-electron chi connectivity index (χ2n) is 6.96. The summed E-state index contributed by atoms with van der Waals surface area (Å²) in [4.78, 5) is 6.96. The van der Waals surface area contributed by atoms with E-state index >= 15 is 0 Å². The van der Waals surface area contributed by atoms with Crippen molar-refractivity contribution in [2.45, 2.75) is 19.9 Å². The molecule has 0 fully saturated rings. The van der Waals surface area contributed by atoms with E-state index in [-0.39, 0.29) is 0 Å². The molecular weight excluding hydrogens is 368 g/mol. The highest BCUT2D eigenvalue weighted by Gasteiger charge is 2.16. The Hall–Kier alpha value is -2.90. The van der Waals surface area contributed by atoms with Crippen molar-refractivity contribution < 1.29 is 0 Å². The molecule has 5 rings (SSSR count). The Bertz CT molecular complexity index is 1150. The summed E-state index contributed by atoms with van der Waals surface area (Å²) in [7, 11) is 0. The van der Waals surface area contributed by atoms with E-state index < -0.39 is 0 Å². The van der Waals surface area contributed by atoms with E-state index in [4.69, 9.17) is 0 Å². The molecule has 0 saturated carbocycles. The van der Waals surface area contributed by atoms with Crippen LogP contribution in [0.5, 0.6) is 0 Å². The highest BCUT2D eigenvalue weighted by molar-refractivity contribution is 7.11. The molecule has 4 aromatic rings. The van der Waals surface area contributed by atoms with Crippen molar-refractivity contribution in [1.82, 2.24) is 29.9 Å². The van der Waals surface area contributed by atoms with E-state index in [0.717, 1.165) is 47.3 Å². The van der Waals surface area contributed by atoms with Gasteiger partial charge in [-0.15, -0.1) is 21.5 Å². The molecular formula is C21H20N6S. The fourth-order valence-electron chi connectivity index (χ4n) is 3.60. The average Bonchev–Trinajstić information content (AvgIpc) is 3.37. The van der Waals surface area contributed by atoms with Gasteiger partial charge in [0.2, 0.25) is 0 Å². The monoisotopic (exact) mass is 388 g/mol. The SMILES string of the molecule is Cc1nnc(CN2CC=C(c3cnn(-c4nccc5ccccc45)c3)CC2)s1. The zero-order valence-corrected chi connectivity index (χ0v) is 16.4. The molecule has 0 saturated heterocycles. The standard InChI is InChI=1S/C21H20N6S/c1-15-24-25-20(28-15)14-26-10-7-16(8-11-26)18-12-23-27(13-18)21-19-5-3-2-4-17(19)6-9-22-21/h2-7,9,12-13H,8,10-11,14H2,1H3. The van der Waals surface area contributed by atoms with Crippen molar-refractivity contribution in [3.05, 3.63) is 70.6 Å². The predicted octanol–water partition coefficient (Wildman–Crippen LogP) is 3.87. The summed E-state index contributed by atoms with van der Waals surface area (Å²) in [6.07, 6.45) is 9.18. The lowest BCUT2D eigenvalue weighted by molar-refractivity contribution is 0.292. The maximum Gasteiger partial charge on any atom is 0.161 e. The van der Waals surface area contributed by atoms with Gasteiger partial charge in [0.15, 0.2) is 5.82 Å².